The molecule has 0 aromatic carbocycles. The molecule has 2 heterocycles. The molecule has 2 aromatic rings. The number of imidazole rings is 1. The lowest BCUT2D eigenvalue weighted by Gasteiger charge is -2.21. The minimum absolute atomic E-state index is 0.00312. The Morgan fingerprint density at radius 3 is 2.56 bits per heavy atom. The molecule has 0 aliphatic rings. The molecule has 0 aliphatic heterocycles. The van der Waals surface area contributed by atoms with E-state index in [2.05, 4.69) is 4.98 Å². The van der Waals surface area contributed by atoms with E-state index in [9.17, 15) is 14.4 Å². The van der Waals surface area contributed by atoms with Gasteiger partial charge in [-0.25, -0.2) is 14.3 Å². The van der Waals surface area contributed by atoms with Gasteiger partial charge in [0.05, 0.1) is 6.33 Å². The summed E-state index contributed by atoms with van der Waals surface area (Å²) < 4.78 is 3.77. The Kier molecular flexibility index (Phi) is 5.46. The molecule has 2 N–H and O–H groups in total. The Morgan fingerprint density at radius 2 is 1.96 bits per heavy atom. The zero-order chi connectivity index (χ0) is 18.9. The second-order valence-corrected chi connectivity index (χ2v) is 6.77. The molecule has 0 saturated heterocycles. The number of aryl methyl sites for hydroxylation is 2. The van der Waals surface area contributed by atoms with Gasteiger partial charge in [0.1, 0.15) is 6.54 Å². The van der Waals surface area contributed by atoms with Crippen molar-refractivity contribution in [3.05, 3.63) is 27.2 Å². The number of likely N-dealkylation sites (N-methyl/N-ethyl adjacent to an activating group) is 1. The first-order valence-corrected chi connectivity index (χ1v) is 8.25. The number of rotatable bonds is 6. The summed E-state index contributed by atoms with van der Waals surface area (Å²) in [7, 11) is 4.85. The van der Waals surface area contributed by atoms with Crippen LogP contribution in [0.15, 0.2) is 15.9 Å². The van der Waals surface area contributed by atoms with E-state index in [0.29, 0.717) is 30.0 Å². The number of nitrogens with two attached hydrogens (primary N) is 1. The normalized spacial score (nSPS) is 12.8. The van der Waals surface area contributed by atoms with Gasteiger partial charge in [-0.1, -0.05) is 13.8 Å². The highest BCUT2D eigenvalue weighted by molar-refractivity contribution is 5.76. The highest BCUT2D eigenvalue weighted by Crippen LogP contribution is 2.05. The molecule has 1 amide bonds. The highest BCUT2D eigenvalue weighted by atomic mass is 16.2. The lowest BCUT2D eigenvalue weighted by Crippen LogP contribution is -2.44. The quantitative estimate of drug-likeness (QED) is 0.739. The SMILES string of the molecule is CC(C)C(N)CCN(C)C(=O)Cn1c(=O)c2c(ncn2C)n(C)c1=O. The van der Waals surface area contributed by atoms with Crippen LogP contribution in [0.25, 0.3) is 11.2 Å². The number of aromatic nitrogens is 4. The Labute approximate surface area is 145 Å². The number of hydrogen-bond donors (Lipinski definition) is 1. The molecule has 0 saturated carbocycles. The maximum atomic E-state index is 12.6. The van der Waals surface area contributed by atoms with Crippen molar-refractivity contribution in [1.29, 1.82) is 0 Å². The van der Waals surface area contributed by atoms with Crippen LogP contribution in [0, 0.1) is 5.92 Å². The molecule has 2 rings (SSSR count). The van der Waals surface area contributed by atoms with Crippen LogP contribution in [-0.2, 0) is 25.4 Å². The molecule has 1 unspecified atom stereocenters. The summed E-state index contributed by atoms with van der Waals surface area (Å²) in [5.41, 5.74) is 5.52. The number of hydrogen-bond acceptors (Lipinski definition) is 5. The average molecular weight is 350 g/mol. The lowest BCUT2D eigenvalue weighted by molar-refractivity contribution is -0.130. The second kappa shape index (κ2) is 7.22. The zero-order valence-corrected chi connectivity index (χ0v) is 15.4. The summed E-state index contributed by atoms with van der Waals surface area (Å²) in [5, 5.41) is 0. The highest BCUT2D eigenvalue weighted by Gasteiger charge is 2.19. The van der Waals surface area contributed by atoms with Gasteiger partial charge in [-0.05, 0) is 12.3 Å². The number of carbonyl (C=O) groups is 1. The maximum absolute atomic E-state index is 12.6. The van der Waals surface area contributed by atoms with Crippen molar-refractivity contribution < 1.29 is 4.79 Å². The van der Waals surface area contributed by atoms with E-state index in [1.165, 1.54) is 22.8 Å². The minimum Gasteiger partial charge on any atom is -0.344 e. The Hall–Kier alpha value is -2.42. The van der Waals surface area contributed by atoms with Crippen molar-refractivity contribution >= 4 is 17.1 Å². The van der Waals surface area contributed by atoms with Crippen molar-refractivity contribution in [1.82, 2.24) is 23.6 Å². The molecule has 0 fully saturated rings. The molecule has 138 valence electrons. The third-order valence-electron chi connectivity index (χ3n) is 4.57. The van der Waals surface area contributed by atoms with Crippen molar-refractivity contribution in [2.75, 3.05) is 13.6 Å². The Bertz CT molecular complexity index is 892. The standard InChI is InChI=1S/C16H26N6O3/c1-10(2)11(17)6-7-19(3)12(23)8-22-15(24)13-14(18-9-20(13)4)21(5)16(22)25/h9-11H,6-8,17H2,1-5H3. The predicted octanol–water partition coefficient (Wildman–Crippen LogP) is -0.734. The predicted molar refractivity (Wildman–Crippen MR) is 95.3 cm³/mol. The van der Waals surface area contributed by atoms with Gasteiger partial charge in [0.2, 0.25) is 5.91 Å². The first-order valence-electron chi connectivity index (χ1n) is 8.25. The average Bonchev–Trinajstić information content (AvgIpc) is 2.95. The lowest BCUT2D eigenvalue weighted by atomic mass is 10.0. The minimum atomic E-state index is -0.558. The fraction of sp³-hybridized carbons (Fsp3) is 0.625. The van der Waals surface area contributed by atoms with Crippen molar-refractivity contribution in [2.45, 2.75) is 32.9 Å². The summed E-state index contributed by atoms with van der Waals surface area (Å²) in [4.78, 5) is 43.0. The molecule has 0 radical (unpaired) electrons. The van der Waals surface area contributed by atoms with Crippen molar-refractivity contribution in [3.8, 4) is 0 Å². The summed E-state index contributed by atoms with van der Waals surface area (Å²) in [6.45, 7) is 4.22. The molecular weight excluding hydrogens is 324 g/mol. The molecule has 25 heavy (non-hydrogen) atoms. The van der Waals surface area contributed by atoms with E-state index >= 15 is 0 Å². The zero-order valence-electron chi connectivity index (χ0n) is 15.4. The molecule has 2 aromatic heterocycles. The third kappa shape index (κ3) is 3.65. The fourth-order valence-electron chi connectivity index (χ4n) is 2.59. The van der Waals surface area contributed by atoms with Crippen molar-refractivity contribution in [3.63, 3.8) is 0 Å². The first kappa shape index (κ1) is 18.9. The number of carbonyl (C=O) groups excluding carboxylic acids is 1. The third-order valence-corrected chi connectivity index (χ3v) is 4.57. The molecule has 1 atom stereocenters. The first-order chi connectivity index (χ1) is 11.6. The number of fused-ring (bicyclic) bond motifs is 1. The van der Waals surface area contributed by atoms with Crippen LogP contribution in [0.1, 0.15) is 20.3 Å². The largest absolute Gasteiger partial charge is 0.344 e. The van der Waals surface area contributed by atoms with Crippen LogP contribution >= 0.6 is 0 Å². The van der Waals surface area contributed by atoms with Gasteiger partial charge in [-0.15, -0.1) is 0 Å². The Morgan fingerprint density at radius 1 is 1.32 bits per heavy atom. The van der Waals surface area contributed by atoms with Gasteiger partial charge in [0.15, 0.2) is 11.2 Å². The monoisotopic (exact) mass is 350 g/mol. The molecule has 0 aliphatic carbocycles. The van der Waals surface area contributed by atoms with Crippen LogP contribution in [0.3, 0.4) is 0 Å². The van der Waals surface area contributed by atoms with Gasteiger partial charge in [0.25, 0.3) is 5.56 Å². The van der Waals surface area contributed by atoms with E-state index in [0.717, 1.165) is 4.57 Å². The van der Waals surface area contributed by atoms with Gasteiger partial charge in [-0.2, -0.15) is 0 Å². The summed E-state index contributed by atoms with van der Waals surface area (Å²) in [6.07, 6.45) is 2.13. The number of amides is 1. The van der Waals surface area contributed by atoms with Crippen molar-refractivity contribution in [2.24, 2.45) is 25.7 Å². The van der Waals surface area contributed by atoms with Gasteiger partial charge in [0, 0.05) is 33.7 Å². The molecule has 9 heteroatoms. The van der Waals surface area contributed by atoms with E-state index in [1.54, 1.807) is 18.7 Å². The maximum Gasteiger partial charge on any atom is 0.332 e. The molecular formula is C16H26N6O3. The number of nitrogens with zero attached hydrogens (tertiary/aromatic N) is 5. The van der Waals surface area contributed by atoms with E-state index in [4.69, 9.17) is 5.73 Å². The Balaban J connectivity index is 2.25. The van der Waals surface area contributed by atoms with Crippen LogP contribution in [-0.4, -0.2) is 49.1 Å². The summed E-state index contributed by atoms with van der Waals surface area (Å²) >= 11 is 0. The summed E-state index contributed by atoms with van der Waals surface area (Å²) in [6, 6.07) is -0.00312. The van der Waals surface area contributed by atoms with Gasteiger partial charge in [-0.3, -0.25) is 14.2 Å². The van der Waals surface area contributed by atoms with Gasteiger partial charge >= 0.3 is 5.69 Å². The van der Waals surface area contributed by atoms with Crippen LogP contribution in [0.2, 0.25) is 0 Å². The van der Waals surface area contributed by atoms with Crippen LogP contribution in [0.4, 0.5) is 0 Å². The van der Waals surface area contributed by atoms with Crippen LogP contribution in [0.5, 0.6) is 0 Å². The molecule has 0 spiro atoms. The van der Waals surface area contributed by atoms with E-state index in [-0.39, 0.29) is 18.5 Å². The van der Waals surface area contributed by atoms with Gasteiger partial charge < -0.3 is 15.2 Å². The topological polar surface area (TPSA) is 108 Å². The smallest absolute Gasteiger partial charge is 0.332 e. The van der Waals surface area contributed by atoms with Crippen LogP contribution < -0.4 is 17.0 Å². The molecule has 0 bridgehead atoms. The fourth-order valence-corrected chi connectivity index (χ4v) is 2.59. The van der Waals surface area contributed by atoms with E-state index in [1.807, 2.05) is 13.8 Å². The van der Waals surface area contributed by atoms with E-state index < -0.39 is 11.2 Å². The molecule has 9 nitrogen and oxygen atoms in total. The second-order valence-electron chi connectivity index (χ2n) is 6.77. The summed E-state index contributed by atoms with van der Waals surface area (Å²) in [5.74, 6) is 0.0161.